The third-order valence-corrected chi connectivity index (χ3v) is 10.1. The van der Waals surface area contributed by atoms with Gasteiger partial charge >= 0.3 is 0 Å². The van der Waals surface area contributed by atoms with Gasteiger partial charge in [0.2, 0.25) is 15.9 Å². The molecule has 0 radical (unpaired) electrons. The van der Waals surface area contributed by atoms with E-state index in [1.165, 1.54) is 17.5 Å². The molecule has 1 saturated carbocycles. The van der Waals surface area contributed by atoms with Gasteiger partial charge in [0.1, 0.15) is 5.69 Å². The molecule has 14 heteroatoms. The van der Waals surface area contributed by atoms with Crippen LogP contribution >= 0.6 is 11.3 Å². The van der Waals surface area contributed by atoms with Crippen LogP contribution in [0.25, 0.3) is 10.6 Å². The van der Waals surface area contributed by atoms with Crippen molar-refractivity contribution in [2.24, 2.45) is 5.92 Å². The molecule has 1 saturated heterocycles. The molecule has 0 spiro atoms. The number of rotatable bonds is 15. The quantitative estimate of drug-likeness (QED) is 0.243. The fraction of sp³-hybridized carbons (Fsp3) is 0.536. The first kappa shape index (κ1) is 30.3. The Hall–Kier alpha value is -3.20. The Bertz CT molecular complexity index is 1460. The number of hydrogen-bond acceptors (Lipinski definition) is 11. The van der Waals surface area contributed by atoms with Crippen LogP contribution in [0.4, 0.5) is 5.69 Å². The van der Waals surface area contributed by atoms with Crippen molar-refractivity contribution in [3.05, 3.63) is 47.6 Å². The van der Waals surface area contributed by atoms with E-state index in [1.807, 2.05) is 13.8 Å². The van der Waals surface area contributed by atoms with Gasteiger partial charge in [0.15, 0.2) is 5.01 Å². The average Bonchev–Trinajstić information content (AvgIpc) is 3.57. The van der Waals surface area contributed by atoms with Crippen LogP contribution in [0.2, 0.25) is 0 Å². The number of carbonyl (C=O) groups is 1. The summed E-state index contributed by atoms with van der Waals surface area (Å²) in [6, 6.07) is 2.85. The predicted octanol–water partition coefficient (Wildman–Crippen LogP) is 3.52. The zero-order valence-electron chi connectivity index (χ0n) is 23.9. The van der Waals surface area contributed by atoms with E-state index in [1.54, 1.807) is 30.7 Å². The largest absolute Gasteiger partial charge is 0.477 e. The summed E-state index contributed by atoms with van der Waals surface area (Å²) in [5.74, 6) is 0.582. The molecule has 2 N–H and O–H groups in total. The van der Waals surface area contributed by atoms with Crippen LogP contribution in [0, 0.1) is 5.92 Å². The summed E-state index contributed by atoms with van der Waals surface area (Å²) in [4.78, 5) is 34.0. The SMILES string of the molecule is CCOCC[C@@H]1CCN(C[C@H](NC(=O)c2ncc(-c3cncc(OCC)n3)s2)c2cc(NS(=O)(=O)C3CC3)ccn2)C1. The van der Waals surface area contributed by atoms with Gasteiger partial charge in [-0.3, -0.25) is 19.5 Å². The summed E-state index contributed by atoms with van der Waals surface area (Å²) < 4.78 is 38.8. The van der Waals surface area contributed by atoms with Crippen LogP contribution in [0.3, 0.4) is 0 Å². The van der Waals surface area contributed by atoms with Crippen LogP contribution in [0.1, 0.15) is 61.1 Å². The molecule has 42 heavy (non-hydrogen) atoms. The van der Waals surface area contributed by atoms with Gasteiger partial charge in [0.05, 0.1) is 46.6 Å². The van der Waals surface area contributed by atoms with E-state index in [9.17, 15) is 13.2 Å². The molecule has 2 aliphatic rings. The van der Waals surface area contributed by atoms with Gasteiger partial charge < -0.3 is 19.7 Å². The van der Waals surface area contributed by atoms with Crippen molar-refractivity contribution >= 4 is 33.0 Å². The molecule has 0 unspecified atom stereocenters. The summed E-state index contributed by atoms with van der Waals surface area (Å²) >= 11 is 1.21. The summed E-state index contributed by atoms with van der Waals surface area (Å²) in [5, 5.41) is 3.04. The molecule has 4 heterocycles. The molecule has 3 aromatic heterocycles. The van der Waals surface area contributed by atoms with Gasteiger partial charge in [-0.25, -0.2) is 18.4 Å². The minimum Gasteiger partial charge on any atom is -0.477 e. The van der Waals surface area contributed by atoms with E-state index in [0.717, 1.165) is 32.5 Å². The fourth-order valence-electron chi connectivity index (χ4n) is 4.91. The van der Waals surface area contributed by atoms with Gasteiger partial charge in [-0.15, -0.1) is 11.3 Å². The van der Waals surface area contributed by atoms with Gasteiger partial charge in [0, 0.05) is 38.7 Å². The Morgan fingerprint density at radius 2 is 2.02 bits per heavy atom. The summed E-state index contributed by atoms with van der Waals surface area (Å²) in [5.41, 5.74) is 1.58. The zero-order valence-corrected chi connectivity index (χ0v) is 25.5. The Labute approximate surface area is 250 Å². The monoisotopic (exact) mass is 615 g/mol. The zero-order chi connectivity index (χ0) is 29.5. The van der Waals surface area contributed by atoms with Crippen molar-refractivity contribution in [1.29, 1.82) is 0 Å². The molecule has 1 aliphatic heterocycles. The highest BCUT2D eigenvalue weighted by atomic mass is 32.2. The number of likely N-dealkylation sites (tertiary alicyclic amines) is 1. The van der Waals surface area contributed by atoms with Crippen molar-refractivity contribution in [3.63, 3.8) is 0 Å². The van der Waals surface area contributed by atoms with Gasteiger partial charge in [-0.05, 0) is 64.1 Å². The number of ether oxygens (including phenoxy) is 2. The molecule has 12 nitrogen and oxygen atoms in total. The maximum absolute atomic E-state index is 13.5. The maximum Gasteiger partial charge on any atom is 0.280 e. The molecule has 226 valence electrons. The first-order chi connectivity index (χ1) is 20.3. The van der Waals surface area contributed by atoms with Crippen molar-refractivity contribution < 1.29 is 22.7 Å². The van der Waals surface area contributed by atoms with Gasteiger partial charge in [-0.1, -0.05) is 0 Å². The van der Waals surface area contributed by atoms with Crippen molar-refractivity contribution in [2.45, 2.75) is 50.8 Å². The molecule has 1 amide bonds. The Kier molecular flexibility index (Phi) is 9.98. The van der Waals surface area contributed by atoms with Crippen LogP contribution in [-0.2, 0) is 14.8 Å². The highest BCUT2D eigenvalue weighted by Crippen LogP contribution is 2.31. The molecule has 3 aromatic rings. The number of anilines is 1. The molecule has 2 atom stereocenters. The first-order valence-electron chi connectivity index (χ1n) is 14.3. The van der Waals surface area contributed by atoms with E-state index < -0.39 is 16.1 Å². The lowest BCUT2D eigenvalue weighted by Gasteiger charge is -2.25. The Morgan fingerprint density at radius 3 is 2.81 bits per heavy atom. The van der Waals surface area contributed by atoms with Crippen molar-refractivity contribution in [3.8, 4) is 16.5 Å². The summed E-state index contributed by atoms with van der Waals surface area (Å²) in [6.45, 7) is 8.11. The van der Waals surface area contributed by atoms with E-state index in [-0.39, 0.29) is 16.2 Å². The number of carbonyl (C=O) groups excluding carboxylic acids is 1. The number of pyridine rings is 1. The van der Waals surface area contributed by atoms with E-state index >= 15 is 0 Å². The Balaban J connectivity index is 1.32. The minimum atomic E-state index is -3.44. The van der Waals surface area contributed by atoms with Crippen LogP contribution in [-0.4, -0.2) is 83.9 Å². The smallest absolute Gasteiger partial charge is 0.280 e. The molecule has 5 rings (SSSR count). The number of nitrogens with zero attached hydrogens (tertiary/aromatic N) is 5. The van der Waals surface area contributed by atoms with Crippen LogP contribution < -0.4 is 14.8 Å². The first-order valence-corrected chi connectivity index (χ1v) is 16.7. The molecular weight excluding hydrogens is 578 g/mol. The molecule has 2 fully saturated rings. The maximum atomic E-state index is 13.5. The fourth-order valence-corrected chi connectivity index (χ4v) is 7.06. The van der Waals surface area contributed by atoms with Crippen LogP contribution in [0.15, 0.2) is 36.9 Å². The highest BCUT2D eigenvalue weighted by molar-refractivity contribution is 7.93. The lowest BCUT2D eigenvalue weighted by molar-refractivity contribution is 0.0924. The van der Waals surface area contributed by atoms with E-state index in [0.29, 0.717) is 66.4 Å². The van der Waals surface area contributed by atoms with E-state index in [2.05, 4.69) is 34.9 Å². The van der Waals surface area contributed by atoms with Gasteiger partial charge in [-0.2, -0.15) is 0 Å². The molecular formula is C28H37N7O5S2. The lowest BCUT2D eigenvalue weighted by Crippen LogP contribution is -2.37. The normalized spacial score (nSPS) is 18.1. The van der Waals surface area contributed by atoms with Crippen LogP contribution in [0.5, 0.6) is 5.88 Å². The number of amides is 1. The second-order valence-electron chi connectivity index (χ2n) is 10.4. The topological polar surface area (TPSA) is 149 Å². The third kappa shape index (κ3) is 8.00. The summed E-state index contributed by atoms with van der Waals surface area (Å²) in [6.07, 6.45) is 9.70. The van der Waals surface area contributed by atoms with E-state index in [4.69, 9.17) is 9.47 Å². The number of sulfonamides is 1. The third-order valence-electron chi connectivity index (χ3n) is 7.21. The average molecular weight is 616 g/mol. The van der Waals surface area contributed by atoms with Crippen molar-refractivity contribution in [2.75, 3.05) is 44.2 Å². The number of nitrogens with one attached hydrogen (secondary N) is 2. The second kappa shape index (κ2) is 13.8. The molecule has 1 aliphatic carbocycles. The Morgan fingerprint density at radius 1 is 1.17 bits per heavy atom. The van der Waals surface area contributed by atoms with Crippen molar-refractivity contribution in [1.82, 2.24) is 30.2 Å². The number of hydrogen-bond donors (Lipinski definition) is 2. The number of aromatic nitrogens is 4. The molecule has 0 bridgehead atoms. The lowest BCUT2D eigenvalue weighted by atomic mass is 10.1. The second-order valence-corrected chi connectivity index (χ2v) is 13.4. The standard InChI is InChI=1S/C28H37N7O5S2/c1-3-39-12-9-19-8-11-35(17-19)18-24(22-13-20(7-10-30-22)34-42(37,38)21-5-6-21)33-27(36)28-31-15-25(41-28)23-14-29-16-26(32-23)40-4-2/h7,10,13-16,19,21,24H,3-6,8-9,11-12,17-18H2,1-2H3,(H,30,34)(H,33,36)/t19-,24-/m0/s1. The van der Waals surface area contributed by atoms with Gasteiger partial charge in [0.25, 0.3) is 5.91 Å². The highest BCUT2D eigenvalue weighted by Gasteiger charge is 2.36. The predicted molar refractivity (Wildman–Crippen MR) is 160 cm³/mol. The number of thiazole rings is 1. The summed E-state index contributed by atoms with van der Waals surface area (Å²) in [7, 11) is -3.44. The minimum absolute atomic E-state index is 0.278. The molecule has 0 aromatic carbocycles.